The first kappa shape index (κ1) is 18.2. The Morgan fingerprint density at radius 1 is 1.42 bits per heavy atom. The summed E-state index contributed by atoms with van der Waals surface area (Å²) in [5.41, 5.74) is 6.77. The highest BCUT2D eigenvalue weighted by molar-refractivity contribution is 6.30. The van der Waals surface area contributed by atoms with Gasteiger partial charge in [0.25, 0.3) is 0 Å². The van der Waals surface area contributed by atoms with Gasteiger partial charge in [-0.15, -0.1) is 12.4 Å². The Morgan fingerprint density at radius 2 is 2.00 bits per heavy atom. The van der Waals surface area contributed by atoms with E-state index in [9.17, 15) is 4.79 Å². The van der Waals surface area contributed by atoms with E-state index in [2.05, 4.69) is 0 Å². The summed E-state index contributed by atoms with van der Waals surface area (Å²) < 4.78 is 4.90. The number of carbonyl (C=O) groups excluding carboxylic acids is 1. The zero-order chi connectivity index (χ0) is 13.5. The predicted octanol–water partition coefficient (Wildman–Crippen LogP) is 2.08. The molecular formula is C13H20Cl2N2O2. The maximum Gasteiger partial charge on any atom is 0.242 e. The summed E-state index contributed by atoms with van der Waals surface area (Å²) in [6, 6.07) is 6.82. The minimum atomic E-state index is -0.609. The molecule has 2 N–H and O–H groups in total. The number of hydrogen-bond donors (Lipinski definition) is 1. The zero-order valence-electron chi connectivity index (χ0n) is 11.1. The molecule has 1 atom stereocenters. The van der Waals surface area contributed by atoms with E-state index in [4.69, 9.17) is 22.1 Å². The van der Waals surface area contributed by atoms with Crippen molar-refractivity contribution in [3.8, 4) is 0 Å². The lowest BCUT2D eigenvalue weighted by molar-refractivity contribution is -0.134. The summed E-state index contributed by atoms with van der Waals surface area (Å²) >= 11 is 5.82. The van der Waals surface area contributed by atoms with E-state index in [0.717, 1.165) is 5.56 Å². The maximum absolute atomic E-state index is 12.0. The number of benzene rings is 1. The fourth-order valence-electron chi connectivity index (χ4n) is 1.64. The standard InChI is InChI=1S/C13H19ClN2O2.ClH/c1-3-16(13(17)12(15)9-18-2)8-10-4-6-11(14)7-5-10;/h4-7,12H,3,8-9,15H2,1-2H3;1H. The van der Waals surface area contributed by atoms with Crippen molar-refractivity contribution in [3.63, 3.8) is 0 Å². The number of likely N-dealkylation sites (N-methyl/N-ethyl adjacent to an activating group) is 1. The van der Waals surface area contributed by atoms with Crippen LogP contribution in [0, 0.1) is 0 Å². The molecule has 0 radical (unpaired) electrons. The third-order valence-corrected chi connectivity index (χ3v) is 2.90. The molecule has 1 aromatic carbocycles. The van der Waals surface area contributed by atoms with Crippen LogP contribution in [0.2, 0.25) is 5.02 Å². The van der Waals surface area contributed by atoms with E-state index in [-0.39, 0.29) is 24.9 Å². The van der Waals surface area contributed by atoms with Gasteiger partial charge in [-0.3, -0.25) is 4.79 Å². The molecule has 0 heterocycles. The lowest BCUT2D eigenvalue weighted by Crippen LogP contribution is -2.45. The van der Waals surface area contributed by atoms with Gasteiger partial charge in [0, 0.05) is 25.2 Å². The molecule has 0 aliphatic heterocycles. The second kappa shape index (κ2) is 9.15. The molecule has 6 heteroatoms. The molecule has 1 rings (SSSR count). The van der Waals surface area contributed by atoms with Crippen LogP contribution in [0.5, 0.6) is 0 Å². The quantitative estimate of drug-likeness (QED) is 0.875. The second-order valence-electron chi connectivity index (χ2n) is 4.04. The average Bonchev–Trinajstić information content (AvgIpc) is 2.37. The van der Waals surface area contributed by atoms with Crippen molar-refractivity contribution >= 4 is 29.9 Å². The Morgan fingerprint density at radius 3 is 2.47 bits per heavy atom. The van der Waals surface area contributed by atoms with Gasteiger partial charge < -0.3 is 15.4 Å². The number of nitrogens with zero attached hydrogens (tertiary/aromatic N) is 1. The molecular weight excluding hydrogens is 287 g/mol. The SMILES string of the molecule is CCN(Cc1ccc(Cl)cc1)C(=O)C(N)COC.Cl. The summed E-state index contributed by atoms with van der Waals surface area (Å²) in [5, 5.41) is 0.684. The molecule has 108 valence electrons. The Labute approximate surface area is 125 Å². The average molecular weight is 307 g/mol. The fourth-order valence-corrected chi connectivity index (χ4v) is 1.77. The van der Waals surface area contributed by atoms with Gasteiger partial charge in [-0.1, -0.05) is 23.7 Å². The Hall–Kier alpha value is -0.810. The van der Waals surface area contributed by atoms with Crippen LogP contribution in [-0.4, -0.2) is 37.1 Å². The lowest BCUT2D eigenvalue weighted by atomic mass is 10.2. The number of rotatable bonds is 6. The van der Waals surface area contributed by atoms with Crippen molar-refractivity contribution in [3.05, 3.63) is 34.9 Å². The van der Waals surface area contributed by atoms with Crippen LogP contribution >= 0.6 is 24.0 Å². The monoisotopic (exact) mass is 306 g/mol. The first-order valence-corrected chi connectivity index (χ1v) is 6.24. The molecule has 0 fully saturated rings. The highest BCUT2D eigenvalue weighted by atomic mass is 35.5. The summed E-state index contributed by atoms with van der Waals surface area (Å²) in [4.78, 5) is 13.7. The van der Waals surface area contributed by atoms with Crippen LogP contribution < -0.4 is 5.73 Å². The van der Waals surface area contributed by atoms with Crippen LogP contribution in [-0.2, 0) is 16.1 Å². The number of nitrogens with two attached hydrogens (primary N) is 1. The normalized spacial score (nSPS) is 11.6. The molecule has 0 saturated carbocycles. The number of amides is 1. The number of methoxy groups -OCH3 is 1. The van der Waals surface area contributed by atoms with Crippen LogP contribution in [0.25, 0.3) is 0 Å². The second-order valence-corrected chi connectivity index (χ2v) is 4.48. The van der Waals surface area contributed by atoms with E-state index in [1.165, 1.54) is 7.11 Å². The van der Waals surface area contributed by atoms with E-state index in [1.54, 1.807) is 4.90 Å². The number of halogens is 2. The van der Waals surface area contributed by atoms with Gasteiger partial charge in [-0.05, 0) is 24.6 Å². The van der Waals surface area contributed by atoms with Gasteiger partial charge in [-0.25, -0.2) is 0 Å². The van der Waals surface area contributed by atoms with Crippen LogP contribution in [0.1, 0.15) is 12.5 Å². The van der Waals surface area contributed by atoms with Gasteiger partial charge in [-0.2, -0.15) is 0 Å². The van der Waals surface area contributed by atoms with Crippen molar-refractivity contribution in [2.75, 3.05) is 20.3 Å². The summed E-state index contributed by atoms with van der Waals surface area (Å²) in [5.74, 6) is -0.102. The van der Waals surface area contributed by atoms with Gasteiger partial charge in [0.1, 0.15) is 6.04 Å². The molecule has 0 bridgehead atoms. The molecule has 1 amide bonds. The first-order chi connectivity index (χ1) is 8.58. The third-order valence-electron chi connectivity index (χ3n) is 2.64. The first-order valence-electron chi connectivity index (χ1n) is 5.86. The summed E-state index contributed by atoms with van der Waals surface area (Å²) in [6.45, 7) is 3.30. The summed E-state index contributed by atoms with van der Waals surface area (Å²) in [7, 11) is 1.53. The summed E-state index contributed by atoms with van der Waals surface area (Å²) in [6.07, 6.45) is 0. The lowest BCUT2D eigenvalue weighted by Gasteiger charge is -2.24. The van der Waals surface area contributed by atoms with Gasteiger partial charge in [0.15, 0.2) is 0 Å². The van der Waals surface area contributed by atoms with E-state index in [0.29, 0.717) is 18.1 Å². The number of ether oxygens (including phenoxy) is 1. The molecule has 4 nitrogen and oxygen atoms in total. The molecule has 0 aliphatic carbocycles. The van der Waals surface area contributed by atoms with Crippen molar-refractivity contribution in [2.45, 2.75) is 19.5 Å². The molecule has 1 unspecified atom stereocenters. The minimum Gasteiger partial charge on any atom is -0.383 e. The number of carbonyl (C=O) groups is 1. The van der Waals surface area contributed by atoms with Crippen LogP contribution in [0.4, 0.5) is 0 Å². The molecule has 0 spiro atoms. The zero-order valence-corrected chi connectivity index (χ0v) is 12.7. The van der Waals surface area contributed by atoms with Crippen molar-refractivity contribution in [1.29, 1.82) is 0 Å². The molecule has 0 aromatic heterocycles. The van der Waals surface area contributed by atoms with E-state index >= 15 is 0 Å². The number of hydrogen-bond acceptors (Lipinski definition) is 3. The van der Waals surface area contributed by atoms with Crippen LogP contribution in [0.3, 0.4) is 0 Å². The third kappa shape index (κ3) is 5.78. The highest BCUT2D eigenvalue weighted by Gasteiger charge is 2.19. The molecule has 0 aliphatic rings. The van der Waals surface area contributed by atoms with Gasteiger partial charge in [0.05, 0.1) is 6.61 Å². The van der Waals surface area contributed by atoms with E-state index < -0.39 is 6.04 Å². The van der Waals surface area contributed by atoms with Crippen molar-refractivity contribution < 1.29 is 9.53 Å². The van der Waals surface area contributed by atoms with Gasteiger partial charge in [0.2, 0.25) is 5.91 Å². The van der Waals surface area contributed by atoms with Crippen molar-refractivity contribution in [1.82, 2.24) is 4.90 Å². The van der Waals surface area contributed by atoms with E-state index in [1.807, 2.05) is 31.2 Å². The van der Waals surface area contributed by atoms with Crippen LogP contribution in [0.15, 0.2) is 24.3 Å². The predicted molar refractivity (Wildman–Crippen MR) is 79.6 cm³/mol. The minimum absolute atomic E-state index is 0. The van der Waals surface area contributed by atoms with Gasteiger partial charge >= 0.3 is 0 Å². The molecule has 0 saturated heterocycles. The Kier molecular flexibility index (Phi) is 8.76. The Balaban J connectivity index is 0.00000324. The fraction of sp³-hybridized carbons (Fsp3) is 0.462. The Bertz CT molecular complexity index is 385. The van der Waals surface area contributed by atoms with Crippen molar-refractivity contribution in [2.24, 2.45) is 5.73 Å². The molecule has 19 heavy (non-hydrogen) atoms. The maximum atomic E-state index is 12.0. The molecule has 1 aromatic rings. The largest absolute Gasteiger partial charge is 0.383 e. The topological polar surface area (TPSA) is 55.6 Å². The smallest absolute Gasteiger partial charge is 0.242 e. The highest BCUT2D eigenvalue weighted by Crippen LogP contribution is 2.12.